The number of morpholine rings is 1. The average molecular weight is 312 g/mol. The van der Waals surface area contributed by atoms with Crippen LogP contribution in [0.3, 0.4) is 0 Å². The third-order valence-corrected chi connectivity index (χ3v) is 4.52. The first-order valence-electron chi connectivity index (χ1n) is 7.99. The van der Waals surface area contributed by atoms with Crippen LogP contribution < -0.4 is 0 Å². The van der Waals surface area contributed by atoms with Crippen LogP contribution in [0.1, 0.15) is 28.5 Å². The zero-order chi connectivity index (χ0) is 15.6. The number of fused-ring (bicyclic) bond motifs is 1. The normalized spacial score (nSPS) is 21.3. The predicted octanol–water partition coefficient (Wildman–Crippen LogP) is 2.24. The second-order valence-electron chi connectivity index (χ2n) is 5.98. The minimum Gasteiger partial charge on any atom is -0.506 e. The minimum absolute atomic E-state index is 0.137. The largest absolute Gasteiger partial charge is 0.506 e. The molecule has 3 heterocycles. The summed E-state index contributed by atoms with van der Waals surface area (Å²) in [5, 5.41) is 10.6. The molecule has 1 N–H and O–H groups in total. The predicted molar refractivity (Wildman–Crippen MR) is 85.1 cm³/mol. The Bertz CT molecular complexity index is 684. The Hall–Kier alpha value is -1.95. The Morgan fingerprint density at radius 2 is 1.96 bits per heavy atom. The molecule has 120 valence electrons. The molecule has 0 radical (unpaired) electrons. The lowest BCUT2D eigenvalue weighted by Crippen LogP contribution is -2.35. The second kappa shape index (κ2) is 6.28. The highest BCUT2D eigenvalue weighted by molar-refractivity contribution is 5.46. The average Bonchev–Trinajstić information content (AvgIpc) is 3.04. The summed E-state index contributed by atoms with van der Waals surface area (Å²) in [5.41, 5.74) is 3.66. The van der Waals surface area contributed by atoms with E-state index in [0.717, 1.165) is 48.7 Å². The first kappa shape index (κ1) is 14.6. The number of rotatable bonds is 3. The molecule has 0 saturated carbocycles. The monoisotopic (exact) mass is 312 g/mol. The van der Waals surface area contributed by atoms with Gasteiger partial charge in [0.1, 0.15) is 11.9 Å². The van der Waals surface area contributed by atoms with Crippen molar-refractivity contribution in [3.8, 4) is 5.75 Å². The van der Waals surface area contributed by atoms with E-state index >= 15 is 0 Å². The van der Waals surface area contributed by atoms with Crippen LogP contribution in [0.25, 0.3) is 0 Å². The zero-order valence-corrected chi connectivity index (χ0v) is 12.9. The summed E-state index contributed by atoms with van der Waals surface area (Å²) >= 11 is 0. The van der Waals surface area contributed by atoms with E-state index in [2.05, 4.69) is 9.88 Å². The summed E-state index contributed by atoms with van der Waals surface area (Å²) in [4.78, 5) is 6.76. The molecule has 5 nitrogen and oxygen atoms in total. The van der Waals surface area contributed by atoms with Crippen molar-refractivity contribution in [3.05, 3.63) is 58.9 Å². The summed E-state index contributed by atoms with van der Waals surface area (Å²) in [5.74, 6) is 0.285. The molecule has 1 atom stereocenters. The van der Waals surface area contributed by atoms with Gasteiger partial charge in [0.25, 0.3) is 0 Å². The van der Waals surface area contributed by atoms with Crippen LogP contribution in [0.4, 0.5) is 0 Å². The van der Waals surface area contributed by atoms with Crippen molar-refractivity contribution in [1.29, 1.82) is 0 Å². The molecule has 0 aliphatic carbocycles. The molecule has 2 aliphatic heterocycles. The van der Waals surface area contributed by atoms with E-state index in [1.54, 1.807) is 0 Å². The van der Waals surface area contributed by atoms with Gasteiger partial charge in [-0.25, -0.2) is 0 Å². The third kappa shape index (κ3) is 2.83. The Labute approximate surface area is 135 Å². The first-order valence-corrected chi connectivity index (χ1v) is 7.99. The lowest BCUT2D eigenvalue weighted by Gasteiger charge is -2.26. The van der Waals surface area contributed by atoms with Crippen molar-refractivity contribution in [2.75, 3.05) is 26.3 Å². The van der Waals surface area contributed by atoms with Gasteiger partial charge < -0.3 is 14.6 Å². The molecule has 4 rings (SSSR count). The maximum Gasteiger partial charge on any atom is 0.144 e. The molecular formula is C18H20N2O3. The maximum atomic E-state index is 10.6. The summed E-state index contributed by atoms with van der Waals surface area (Å²) in [7, 11) is 0. The number of aromatic nitrogens is 1. The molecule has 0 amide bonds. The van der Waals surface area contributed by atoms with Gasteiger partial charge in [0, 0.05) is 37.0 Å². The lowest BCUT2D eigenvalue weighted by atomic mass is 10.00. The van der Waals surface area contributed by atoms with Gasteiger partial charge in [-0.05, 0) is 5.56 Å². The van der Waals surface area contributed by atoms with Crippen molar-refractivity contribution in [3.63, 3.8) is 0 Å². The van der Waals surface area contributed by atoms with Gasteiger partial charge in [0.05, 0.1) is 25.5 Å². The molecule has 1 aromatic heterocycles. The molecule has 2 aliphatic rings. The number of hydrogen-bond acceptors (Lipinski definition) is 5. The summed E-state index contributed by atoms with van der Waals surface area (Å²) in [6.45, 7) is 4.32. The lowest BCUT2D eigenvalue weighted by molar-refractivity contribution is 0.0333. The van der Waals surface area contributed by atoms with Gasteiger partial charge in [-0.1, -0.05) is 30.3 Å². The van der Waals surface area contributed by atoms with E-state index in [9.17, 15) is 5.11 Å². The summed E-state index contributed by atoms with van der Waals surface area (Å²) in [6.07, 6.45) is 1.72. The van der Waals surface area contributed by atoms with Crippen molar-refractivity contribution in [1.82, 2.24) is 9.88 Å². The van der Waals surface area contributed by atoms with Crippen LogP contribution in [0.15, 0.2) is 36.5 Å². The standard InChI is InChI=1S/C18H20N2O3/c21-17-15-12-23-18(13-4-2-1-3-5-13)14(15)10-19-16(17)11-20-6-8-22-9-7-20/h1-5,10,18,21H,6-9,11-12H2. The summed E-state index contributed by atoms with van der Waals surface area (Å²) < 4.78 is 11.3. The van der Waals surface area contributed by atoms with Crippen LogP contribution in [0, 0.1) is 0 Å². The van der Waals surface area contributed by atoms with Crippen molar-refractivity contribution >= 4 is 0 Å². The molecule has 1 unspecified atom stereocenters. The van der Waals surface area contributed by atoms with Gasteiger partial charge in [0.15, 0.2) is 0 Å². The summed E-state index contributed by atoms with van der Waals surface area (Å²) in [6, 6.07) is 10.1. The van der Waals surface area contributed by atoms with E-state index in [0.29, 0.717) is 13.2 Å². The Morgan fingerprint density at radius 3 is 2.74 bits per heavy atom. The van der Waals surface area contributed by atoms with Gasteiger partial charge in [-0.3, -0.25) is 9.88 Å². The zero-order valence-electron chi connectivity index (χ0n) is 12.9. The molecule has 0 spiro atoms. The van der Waals surface area contributed by atoms with Crippen molar-refractivity contribution in [2.45, 2.75) is 19.3 Å². The first-order chi connectivity index (χ1) is 11.3. The van der Waals surface area contributed by atoms with Gasteiger partial charge in [-0.15, -0.1) is 0 Å². The third-order valence-electron chi connectivity index (χ3n) is 4.52. The molecule has 23 heavy (non-hydrogen) atoms. The molecule has 1 saturated heterocycles. The van der Waals surface area contributed by atoms with Gasteiger partial charge in [-0.2, -0.15) is 0 Å². The van der Waals surface area contributed by atoms with Crippen LogP contribution in [-0.4, -0.2) is 41.3 Å². The Balaban J connectivity index is 1.60. The van der Waals surface area contributed by atoms with E-state index in [-0.39, 0.29) is 11.9 Å². The highest BCUT2D eigenvalue weighted by Crippen LogP contribution is 2.40. The number of hydrogen-bond donors (Lipinski definition) is 1. The van der Waals surface area contributed by atoms with E-state index in [1.807, 2.05) is 36.5 Å². The number of ether oxygens (including phenoxy) is 2. The smallest absolute Gasteiger partial charge is 0.144 e. The maximum absolute atomic E-state index is 10.6. The van der Waals surface area contributed by atoms with Crippen LogP contribution in [-0.2, 0) is 22.6 Å². The quantitative estimate of drug-likeness (QED) is 0.942. The highest BCUT2D eigenvalue weighted by atomic mass is 16.5. The number of benzene rings is 1. The molecular weight excluding hydrogens is 292 g/mol. The van der Waals surface area contributed by atoms with E-state index in [4.69, 9.17) is 9.47 Å². The fourth-order valence-corrected chi connectivity index (χ4v) is 3.22. The molecule has 0 bridgehead atoms. The number of aromatic hydroxyl groups is 1. The Morgan fingerprint density at radius 1 is 1.17 bits per heavy atom. The second-order valence-corrected chi connectivity index (χ2v) is 5.98. The van der Waals surface area contributed by atoms with Crippen molar-refractivity contribution < 1.29 is 14.6 Å². The Kier molecular flexibility index (Phi) is 3.99. The SMILES string of the molecule is Oc1c(CN2CCOCC2)ncc2c1COC2c1ccccc1. The van der Waals surface area contributed by atoms with Gasteiger partial charge in [0.2, 0.25) is 0 Å². The fraction of sp³-hybridized carbons (Fsp3) is 0.389. The van der Waals surface area contributed by atoms with Gasteiger partial charge >= 0.3 is 0 Å². The topological polar surface area (TPSA) is 54.8 Å². The van der Waals surface area contributed by atoms with Crippen LogP contribution in [0.2, 0.25) is 0 Å². The molecule has 1 aromatic carbocycles. The highest BCUT2D eigenvalue weighted by Gasteiger charge is 2.29. The van der Waals surface area contributed by atoms with Crippen molar-refractivity contribution in [2.24, 2.45) is 0 Å². The van der Waals surface area contributed by atoms with E-state index in [1.165, 1.54) is 0 Å². The van der Waals surface area contributed by atoms with Crippen LogP contribution >= 0.6 is 0 Å². The minimum atomic E-state index is -0.137. The molecule has 1 fully saturated rings. The van der Waals surface area contributed by atoms with Crippen LogP contribution in [0.5, 0.6) is 5.75 Å². The number of pyridine rings is 1. The van der Waals surface area contributed by atoms with E-state index < -0.39 is 0 Å². The fourth-order valence-electron chi connectivity index (χ4n) is 3.22. The molecule has 5 heteroatoms. The molecule has 2 aromatic rings. The number of nitrogens with zero attached hydrogens (tertiary/aromatic N) is 2.